The van der Waals surface area contributed by atoms with Gasteiger partial charge in [-0.1, -0.05) is 17.4 Å². The normalized spacial score (nSPS) is 10.8. The molecule has 1 heterocycles. The molecule has 0 atom stereocenters. The van der Waals surface area contributed by atoms with Crippen LogP contribution in [0.1, 0.15) is 5.56 Å². The number of thiazole rings is 1. The minimum atomic E-state index is -0.265. The van der Waals surface area contributed by atoms with Gasteiger partial charge in [0, 0.05) is 0 Å². The molecule has 6 heteroatoms. The lowest BCUT2D eigenvalue weighted by atomic mass is 10.2. The number of fused-ring (bicyclic) bond motifs is 1. The Bertz CT molecular complexity index is 553. The third kappa shape index (κ3) is 3.25. The fourth-order valence-corrected chi connectivity index (χ4v) is 2.45. The topological polar surface area (TPSA) is 71.5 Å². The third-order valence-electron chi connectivity index (χ3n) is 2.26. The van der Waals surface area contributed by atoms with Crippen molar-refractivity contribution in [3.63, 3.8) is 0 Å². The average molecular weight is 266 g/mol. The van der Waals surface area contributed by atoms with E-state index in [9.17, 15) is 4.79 Å². The van der Waals surface area contributed by atoms with E-state index < -0.39 is 0 Å². The highest BCUT2D eigenvalue weighted by molar-refractivity contribution is 7.22. The van der Waals surface area contributed by atoms with Crippen molar-refractivity contribution in [2.45, 2.75) is 6.92 Å². The van der Waals surface area contributed by atoms with E-state index >= 15 is 0 Å². The van der Waals surface area contributed by atoms with Gasteiger partial charge in [0.25, 0.3) is 5.91 Å². The van der Waals surface area contributed by atoms with Gasteiger partial charge in [0.15, 0.2) is 5.13 Å². The average Bonchev–Trinajstić information content (AvgIpc) is 2.70. The number of carbonyl (C=O) groups excluding carboxylic acids is 1. The van der Waals surface area contributed by atoms with Gasteiger partial charge in [-0.2, -0.15) is 0 Å². The van der Waals surface area contributed by atoms with E-state index in [-0.39, 0.29) is 25.7 Å². The minimum absolute atomic E-state index is 0.0739. The van der Waals surface area contributed by atoms with Crippen LogP contribution in [-0.4, -0.2) is 35.8 Å². The van der Waals surface area contributed by atoms with Crippen LogP contribution in [0.2, 0.25) is 0 Å². The van der Waals surface area contributed by atoms with E-state index in [2.05, 4.69) is 10.3 Å². The van der Waals surface area contributed by atoms with Gasteiger partial charge in [-0.3, -0.25) is 10.1 Å². The van der Waals surface area contributed by atoms with E-state index in [1.807, 2.05) is 25.1 Å². The summed E-state index contributed by atoms with van der Waals surface area (Å²) in [5.74, 6) is -0.265. The van der Waals surface area contributed by atoms with Crippen LogP contribution in [0, 0.1) is 6.92 Å². The van der Waals surface area contributed by atoms with Crippen LogP contribution in [0.4, 0.5) is 5.13 Å². The number of hydrogen-bond acceptors (Lipinski definition) is 5. The van der Waals surface area contributed by atoms with Gasteiger partial charge >= 0.3 is 0 Å². The fraction of sp³-hybridized carbons (Fsp3) is 0.333. The fourth-order valence-electron chi connectivity index (χ4n) is 1.47. The zero-order chi connectivity index (χ0) is 13.0. The summed E-state index contributed by atoms with van der Waals surface area (Å²) in [6, 6.07) is 5.95. The summed E-state index contributed by atoms with van der Waals surface area (Å²) in [4.78, 5) is 15.8. The number of aromatic nitrogens is 1. The molecule has 0 aliphatic heterocycles. The molecule has 1 aromatic heterocycles. The van der Waals surface area contributed by atoms with Gasteiger partial charge in [0.1, 0.15) is 6.61 Å². The number of amides is 1. The highest BCUT2D eigenvalue weighted by Crippen LogP contribution is 2.26. The van der Waals surface area contributed by atoms with Crippen molar-refractivity contribution in [3.8, 4) is 0 Å². The van der Waals surface area contributed by atoms with Crippen molar-refractivity contribution < 1.29 is 14.6 Å². The molecule has 18 heavy (non-hydrogen) atoms. The summed E-state index contributed by atoms with van der Waals surface area (Å²) in [5.41, 5.74) is 2.03. The van der Waals surface area contributed by atoms with Crippen LogP contribution < -0.4 is 5.32 Å². The lowest BCUT2D eigenvalue weighted by Crippen LogP contribution is -2.19. The number of ether oxygens (including phenoxy) is 1. The Morgan fingerprint density at radius 3 is 3.17 bits per heavy atom. The molecular formula is C12H14N2O3S. The number of aliphatic hydroxyl groups excluding tert-OH is 1. The molecule has 96 valence electrons. The summed E-state index contributed by atoms with van der Waals surface area (Å²) in [6.45, 7) is 2.01. The maximum atomic E-state index is 11.5. The summed E-state index contributed by atoms with van der Waals surface area (Å²) in [6.07, 6.45) is 0. The van der Waals surface area contributed by atoms with Crippen molar-refractivity contribution in [2.75, 3.05) is 25.1 Å². The van der Waals surface area contributed by atoms with E-state index in [1.54, 1.807) is 0 Å². The first-order chi connectivity index (χ1) is 8.69. The molecule has 0 aliphatic carbocycles. The lowest BCUT2D eigenvalue weighted by Gasteiger charge is -2.01. The number of aryl methyl sites for hydroxylation is 1. The molecule has 0 unspecified atom stereocenters. The Morgan fingerprint density at radius 2 is 2.39 bits per heavy atom. The number of nitrogens with one attached hydrogen (secondary N) is 1. The second-order valence-corrected chi connectivity index (χ2v) is 4.85. The molecular weight excluding hydrogens is 252 g/mol. The van der Waals surface area contributed by atoms with Crippen LogP contribution in [0.25, 0.3) is 10.2 Å². The van der Waals surface area contributed by atoms with Crippen molar-refractivity contribution in [3.05, 3.63) is 23.8 Å². The molecule has 2 N–H and O–H groups in total. The molecule has 0 saturated carbocycles. The maximum absolute atomic E-state index is 11.5. The molecule has 2 rings (SSSR count). The van der Waals surface area contributed by atoms with E-state index in [0.717, 1.165) is 15.8 Å². The largest absolute Gasteiger partial charge is 0.394 e. The molecule has 0 aliphatic rings. The Kier molecular flexibility index (Phi) is 4.24. The molecule has 0 fully saturated rings. The Labute approximate surface area is 108 Å². The van der Waals surface area contributed by atoms with Gasteiger partial charge in [0.05, 0.1) is 23.4 Å². The summed E-state index contributed by atoms with van der Waals surface area (Å²) in [5, 5.41) is 11.8. The summed E-state index contributed by atoms with van der Waals surface area (Å²) in [7, 11) is 0. The second-order valence-electron chi connectivity index (χ2n) is 3.81. The second kappa shape index (κ2) is 5.90. The van der Waals surface area contributed by atoms with Crippen LogP contribution in [0.5, 0.6) is 0 Å². The van der Waals surface area contributed by atoms with Crippen molar-refractivity contribution in [2.24, 2.45) is 0 Å². The van der Waals surface area contributed by atoms with Gasteiger partial charge in [-0.05, 0) is 24.6 Å². The SMILES string of the molecule is Cc1ccc2nc(NC(=O)COCCO)sc2c1. The molecule has 0 spiro atoms. The highest BCUT2D eigenvalue weighted by atomic mass is 32.1. The van der Waals surface area contributed by atoms with E-state index in [1.165, 1.54) is 11.3 Å². The highest BCUT2D eigenvalue weighted by Gasteiger charge is 2.07. The first-order valence-electron chi connectivity index (χ1n) is 5.54. The predicted molar refractivity (Wildman–Crippen MR) is 70.9 cm³/mol. The van der Waals surface area contributed by atoms with E-state index in [0.29, 0.717) is 5.13 Å². The Balaban J connectivity index is 2.01. The zero-order valence-electron chi connectivity index (χ0n) is 9.97. The quantitative estimate of drug-likeness (QED) is 0.805. The van der Waals surface area contributed by atoms with Gasteiger partial charge in [0.2, 0.25) is 0 Å². The first kappa shape index (κ1) is 12.9. The van der Waals surface area contributed by atoms with Crippen molar-refractivity contribution in [1.29, 1.82) is 0 Å². The Hall–Kier alpha value is -1.50. The first-order valence-corrected chi connectivity index (χ1v) is 6.36. The summed E-state index contributed by atoms with van der Waals surface area (Å²) < 4.78 is 5.97. The van der Waals surface area contributed by atoms with Gasteiger partial charge in [-0.25, -0.2) is 4.98 Å². The van der Waals surface area contributed by atoms with Gasteiger partial charge < -0.3 is 9.84 Å². The molecule has 0 saturated heterocycles. The lowest BCUT2D eigenvalue weighted by molar-refractivity contribution is -0.120. The number of carbonyl (C=O) groups is 1. The van der Waals surface area contributed by atoms with E-state index in [4.69, 9.17) is 9.84 Å². The number of rotatable bonds is 5. The van der Waals surface area contributed by atoms with Crippen molar-refractivity contribution >= 4 is 32.6 Å². The molecule has 2 aromatic rings. The number of nitrogens with zero attached hydrogens (tertiary/aromatic N) is 1. The molecule has 1 aromatic carbocycles. The molecule has 5 nitrogen and oxygen atoms in total. The van der Waals surface area contributed by atoms with Crippen LogP contribution in [-0.2, 0) is 9.53 Å². The predicted octanol–water partition coefficient (Wildman–Crippen LogP) is 1.55. The standard InChI is InChI=1S/C12H14N2O3S/c1-8-2-3-9-10(6-8)18-12(13-9)14-11(16)7-17-5-4-15/h2-3,6,15H,4-5,7H2,1H3,(H,13,14,16). The number of hydrogen-bond donors (Lipinski definition) is 2. The van der Waals surface area contributed by atoms with Crippen LogP contribution >= 0.6 is 11.3 Å². The monoisotopic (exact) mass is 266 g/mol. The number of benzene rings is 1. The van der Waals surface area contributed by atoms with Crippen LogP contribution in [0.15, 0.2) is 18.2 Å². The van der Waals surface area contributed by atoms with Gasteiger partial charge in [-0.15, -0.1) is 0 Å². The number of anilines is 1. The third-order valence-corrected chi connectivity index (χ3v) is 3.19. The van der Waals surface area contributed by atoms with Crippen molar-refractivity contribution in [1.82, 2.24) is 4.98 Å². The molecule has 1 amide bonds. The minimum Gasteiger partial charge on any atom is -0.394 e. The van der Waals surface area contributed by atoms with Crippen LogP contribution in [0.3, 0.4) is 0 Å². The Morgan fingerprint density at radius 1 is 1.56 bits per heavy atom. The summed E-state index contributed by atoms with van der Waals surface area (Å²) >= 11 is 1.43. The number of aliphatic hydroxyl groups is 1. The molecule has 0 bridgehead atoms. The molecule has 0 radical (unpaired) electrons. The maximum Gasteiger partial charge on any atom is 0.252 e. The smallest absolute Gasteiger partial charge is 0.252 e. The zero-order valence-corrected chi connectivity index (χ0v) is 10.8.